The van der Waals surface area contributed by atoms with Crippen LogP contribution in [0.5, 0.6) is 0 Å². The van der Waals surface area contributed by atoms with Crippen LogP contribution in [0.3, 0.4) is 0 Å². The highest BCUT2D eigenvalue weighted by atomic mass is 32.2. The van der Waals surface area contributed by atoms with Crippen molar-refractivity contribution in [2.75, 3.05) is 4.72 Å². The molecule has 0 radical (unpaired) electrons. The summed E-state index contributed by atoms with van der Waals surface area (Å²) in [6.07, 6.45) is 3.26. The van der Waals surface area contributed by atoms with Crippen LogP contribution in [0.2, 0.25) is 0 Å². The van der Waals surface area contributed by atoms with Gasteiger partial charge in [-0.25, -0.2) is 8.42 Å². The molecule has 21 heavy (non-hydrogen) atoms. The minimum atomic E-state index is -3.55. The van der Waals surface area contributed by atoms with Crippen molar-refractivity contribution in [3.8, 4) is 0 Å². The fourth-order valence-corrected chi connectivity index (χ4v) is 3.70. The lowest BCUT2D eigenvalue weighted by Gasteiger charge is -2.10. The highest BCUT2D eigenvalue weighted by Gasteiger charge is 2.16. The van der Waals surface area contributed by atoms with Crippen LogP contribution in [0, 0.1) is 0 Å². The summed E-state index contributed by atoms with van der Waals surface area (Å²) in [5, 5.41) is 0. The van der Waals surface area contributed by atoms with Gasteiger partial charge in [0.25, 0.3) is 10.0 Å². The molecule has 0 atom stereocenters. The first-order valence-electron chi connectivity index (χ1n) is 7.02. The number of rotatable bonds is 4. The zero-order valence-electron chi connectivity index (χ0n) is 11.7. The largest absolute Gasteiger partial charge is 0.326 e. The molecule has 2 aromatic rings. The Bertz CT molecular complexity index is 752. The molecule has 0 saturated carbocycles. The second kappa shape index (κ2) is 5.50. The molecule has 5 heteroatoms. The van der Waals surface area contributed by atoms with Gasteiger partial charge in [-0.05, 0) is 60.2 Å². The van der Waals surface area contributed by atoms with Crippen molar-refractivity contribution in [1.82, 2.24) is 0 Å². The van der Waals surface area contributed by atoms with E-state index in [2.05, 4.69) is 4.72 Å². The summed E-state index contributed by atoms with van der Waals surface area (Å²) in [5.74, 6) is 0. The lowest BCUT2D eigenvalue weighted by Crippen LogP contribution is -2.13. The third-order valence-electron chi connectivity index (χ3n) is 3.82. The molecule has 110 valence electrons. The Kier molecular flexibility index (Phi) is 3.69. The number of aryl methyl sites for hydroxylation is 2. The summed E-state index contributed by atoms with van der Waals surface area (Å²) in [4.78, 5) is 0.250. The monoisotopic (exact) mass is 302 g/mol. The van der Waals surface area contributed by atoms with Crippen LogP contribution in [0.1, 0.15) is 23.1 Å². The summed E-state index contributed by atoms with van der Waals surface area (Å²) in [7, 11) is -3.55. The lowest BCUT2D eigenvalue weighted by molar-refractivity contribution is 0.601. The zero-order valence-corrected chi connectivity index (χ0v) is 12.5. The highest BCUT2D eigenvalue weighted by Crippen LogP contribution is 2.26. The van der Waals surface area contributed by atoms with Crippen LogP contribution in [0.25, 0.3) is 0 Å². The summed E-state index contributed by atoms with van der Waals surface area (Å²) >= 11 is 0. The smallest absolute Gasteiger partial charge is 0.261 e. The summed E-state index contributed by atoms with van der Waals surface area (Å²) < 4.78 is 27.4. The molecule has 1 aliphatic rings. The van der Waals surface area contributed by atoms with Gasteiger partial charge in [0.2, 0.25) is 0 Å². The molecule has 0 heterocycles. The molecule has 3 rings (SSSR count). The molecular formula is C16H18N2O2S. The van der Waals surface area contributed by atoms with Crippen molar-refractivity contribution >= 4 is 15.7 Å². The number of nitrogens with one attached hydrogen (secondary N) is 1. The van der Waals surface area contributed by atoms with Gasteiger partial charge >= 0.3 is 0 Å². The Hall–Kier alpha value is -1.85. The highest BCUT2D eigenvalue weighted by molar-refractivity contribution is 7.92. The Labute approximate surface area is 125 Å². The third kappa shape index (κ3) is 2.94. The molecule has 4 nitrogen and oxygen atoms in total. The molecule has 0 saturated heterocycles. The van der Waals surface area contributed by atoms with E-state index in [9.17, 15) is 8.42 Å². The van der Waals surface area contributed by atoms with Gasteiger partial charge in [-0.15, -0.1) is 0 Å². The first-order valence-corrected chi connectivity index (χ1v) is 8.50. The number of fused-ring (bicyclic) bond motifs is 1. The van der Waals surface area contributed by atoms with Crippen molar-refractivity contribution in [2.24, 2.45) is 5.73 Å². The number of sulfonamides is 1. The summed E-state index contributed by atoms with van der Waals surface area (Å²) in [5.41, 5.74) is 9.62. The molecular weight excluding hydrogens is 284 g/mol. The Morgan fingerprint density at radius 3 is 2.43 bits per heavy atom. The van der Waals surface area contributed by atoms with Gasteiger partial charge in [0.05, 0.1) is 4.90 Å². The number of anilines is 1. The molecule has 0 aliphatic heterocycles. The lowest BCUT2D eigenvalue weighted by atomic mass is 10.1. The molecule has 0 spiro atoms. The van der Waals surface area contributed by atoms with Crippen LogP contribution in [0.4, 0.5) is 5.69 Å². The van der Waals surface area contributed by atoms with Gasteiger partial charge in [-0.2, -0.15) is 0 Å². The topological polar surface area (TPSA) is 72.2 Å². The Balaban J connectivity index is 1.85. The van der Waals surface area contributed by atoms with Crippen molar-refractivity contribution < 1.29 is 8.42 Å². The number of benzene rings is 2. The maximum Gasteiger partial charge on any atom is 0.261 e. The summed E-state index contributed by atoms with van der Waals surface area (Å²) in [6.45, 7) is 0.401. The predicted octanol–water partition coefficient (Wildman–Crippen LogP) is 2.43. The molecule has 0 aromatic heterocycles. The van der Waals surface area contributed by atoms with E-state index in [-0.39, 0.29) is 4.90 Å². The average molecular weight is 302 g/mol. The Morgan fingerprint density at radius 2 is 1.71 bits per heavy atom. The van der Waals surface area contributed by atoms with E-state index in [1.165, 1.54) is 11.1 Å². The fourth-order valence-electron chi connectivity index (χ4n) is 2.65. The van der Waals surface area contributed by atoms with Gasteiger partial charge in [-0.1, -0.05) is 18.2 Å². The third-order valence-corrected chi connectivity index (χ3v) is 5.22. The van der Waals surface area contributed by atoms with Crippen LogP contribution in [0.15, 0.2) is 47.4 Å². The minimum Gasteiger partial charge on any atom is -0.326 e. The van der Waals surface area contributed by atoms with Gasteiger partial charge in [0.15, 0.2) is 0 Å². The molecule has 0 bridgehead atoms. The van der Waals surface area contributed by atoms with Gasteiger partial charge < -0.3 is 5.73 Å². The number of nitrogens with two attached hydrogens (primary N) is 1. The Morgan fingerprint density at radius 1 is 1.00 bits per heavy atom. The van der Waals surface area contributed by atoms with Crippen LogP contribution >= 0.6 is 0 Å². The predicted molar refractivity (Wildman–Crippen MR) is 83.6 cm³/mol. The average Bonchev–Trinajstić information content (AvgIpc) is 2.94. The number of hydrogen-bond donors (Lipinski definition) is 2. The van der Waals surface area contributed by atoms with Crippen molar-refractivity contribution in [1.29, 1.82) is 0 Å². The number of hydrogen-bond acceptors (Lipinski definition) is 3. The standard InChI is InChI=1S/C16H18N2O2S/c17-11-12-4-8-16(9-5-12)21(19,20)18-15-7-6-13-2-1-3-14(13)10-15/h4-10,18H,1-3,11,17H2. The molecule has 1 aliphatic carbocycles. The van der Waals surface area contributed by atoms with E-state index in [1.807, 2.05) is 18.2 Å². The van der Waals surface area contributed by atoms with Crippen molar-refractivity contribution in [2.45, 2.75) is 30.7 Å². The van der Waals surface area contributed by atoms with E-state index in [1.54, 1.807) is 24.3 Å². The van der Waals surface area contributed by atoms with Gasteiger partial charge in [-0.3, -0.25) is 4.72 Å². The van der Waals surface area contributed by atoms with Gasteiger partial charge in [0, 0.05) is 12.2 Å². The van der Waals surface area contributed by atoms with Crippen LogP contribution in [-0.2, 0) is 29.4 Å². The van der Waals surface area contributed by atoms with E-state index in [4.69, 9.17) is 5.73 Å². The second-order valence-electron chi connectivity index (χ2n) is 5.29. The first-order chi connectivity index (χ1) is 10.1. The van der Waals surface area contributed by atoms with Crippen molar-refractivity contribution in [3.05, 3.63) is 59.2 Å². The second-order valence-corrected chi connectivity index (χ2v) is 6.97. The molecule has 3 N–H and O–H groups in total. The molecule has 0 amide bonds. The van der Waals surface area contributed by atoms with Gasteiger partial charge in [0.1, 0.15) is 0 Å². The minimum absolute atomic E-state index is 0.250. The van der Waals surface area contributed by atoms with E-state index >= 15 is 0 Å². The molecule has 0 unspecified atom stereocenters. The fraction of sp³-hybridized carbons (Fsp3) is 0.250. The van der Waals surface area contributed by atoms with E-state index in [0.717, 1.165) is 24.8 Å². The normalized spacial score (nSPS) is 14.0. The quantitative estimate of drug-likeness (QED) is 0.911. The van der Waals surface area contributed by atoms with E-state index < -0.39 is 10.0 Å². The first kappa shape index (κ1) is 14.1. The zero-order chi connectivity index (χ0) is 14.9. The van der Waals surface area contributed by atoms with E-state index in [0.29, 0.717) is 12.2 Å². The van der Waals surface area contributed by atoms with Crippen molar-refractivity contribution in [3.63, 3.8) is 0 Å². The SMILES string of the molecule is NCc1ccc(S(=O)(=O)Nc2ccc3c(c2)CCC3)cc1. The van der Waals surface area contributed by atoms with Crippen LogP contribution in [-0.4, -0.2) is 8.42 Å². The summed E-state index contributed by atoms with van der Waals surface area (Å²) in [6, 6.07) is 12.4. The maximum atomic E-state index is 12.4. The maximum absolute atomic E-state index is 12.4. The van der Waals surface area contributed by atoms with Crippen LogP contribution < -0.4 is 10.5 Å². The molecule has 2 aromatic carbocycles. The molecule has 0 fully saturated rings.